The molecule has 9 nitrogen and oxygen atoms in total. The van der Waals surface area contributed by atoms with Gasteiger partial charge in [-0.25, -0.2) is 18.4 Å². The maximum Gasteiger partial charge on any atom is 0.263 e. The Morgan fingerprint density at radius 3 is 2.39 bits per heavy atom. The second-order valence-electron chi connectivity index (χ2n) is 8.06. The summed E-state index contributed by atoms with van der Waals surface area (Å²) in [6, 6.07) is 17.5. The van der Waals surface area contributed by atoms with Gasteiger partial charge in [0.05, 0.1) is 39.8 Å². The monoisotopic (exact) mass is 525 g/mol. The number of anilines is 3. The van der Waals surface area contributed by atoms with Gasteiger partial charge < -0.3 is 15.8 Å². The van der Waals surface area contributed by atoms with Gasteiger partial charge >= 0.3 is 0 Å². The molecule has 0 bridgehead atoms. The number of ketones is 1. The summed E-state index contributed by atoms with van der Waals surface area (Å²) in [6.45, 7) is 1.59. The van der Waals surface area contributed by atoms with Crippen LogP contribution in [-0.2, 0) is 21.2 Å². The number of rotatable bonds is 9. The highest BCUT2D eigenvalue weighted by molar-refractivity contribution is 7.92. The molecule has 0 saturated heterocycles. The lowest BCUT2D eigenvalue weighted by Gasteiger charge is -2.15. The van der Waals surface area contributed by atoms with Crippen molar-refractivity contribution in [1.82, 2.24) is 9.97 Å². The summed E-state index contributed by atoms with van der Waals surface area (Å²) in [5, 5.41) is 3.44. The lowest BCUT2D eigenvalue weighted by atomic mass is 10.1. The van der Waals surface area contributed by atoms with E-state index in [9.17, 15) is 13.2 Å². The molecule has 0 aliphatic rings. The van der Waals surface area contributed by atoms with Crippen molar-refractivity contribution >= 4 is 55.8 Å². The van der Waals surface area contributed by atoms with E-state index in [0.29, 0.717) is 33.1 Å². The van der Waals surface area contributed by atoms with Gasteiger partial charge in [-0.2, -0.15) is 0 Å². The molecular weight excluding hydrogens is 502 g/mol. The van der Waals surface area contributed by atoms with Crippen LogP contribution >= 0.6 is 11.6 Å². The molecule has 0 saturated carbocycles. The zero-order valence-corrected chi connectivity index (χ0v) is 21.1. The van der Waals surface area contributed by atoms with E-state index in [1.807, 2.05) is 0 Å². The van der Waals surface area contributed by atoms with Crippen LogP contribution in [0.25, 0.3) is 11.0 Å². The number of aromatic nitrogens is 2. The van der Waals surface area contributed by atoms with E-state index < -0.39 is 16.1 Å². The number of para-hydroxylation sites is 2. The summed E-state index contributed by atoms with van der Waals surface area (Å²) in [5.74, 6) is 0.482. The minimum atomic E-state index is -4.09. The Balaban J connectivity index is 1.73. The van der Waals surface area contributed by atoms with Gasteiger partial charge in [0.15, 0.2) is 17.4 Å². The van der Waals surface area contributed by atoms with Gasteiger partial charge in [0.25, 0.3) is 10.0 Å². The summed E-state index contributed by atoms with van der Waals surface area (Å²) in [6.07, 6.45) is 0.0257. The van der Waals surface area contributed by atoms with Gasteiger partial charge in [0.2, 0.25) is 0 Å². The standard InChI is InChI=1S/C25H24ClN5O4S/c1-15(27)23(32)13-16-6-5-7-18(12-16)36(33,34)31-25-24(28-20-8-3-4-9-21(20)29-25)30-22-14-17(35-2)10-11-19(22)26/h3-12,14-15H,13,27H2,1-2H3,(H,28,30)(H,29,31)/t15-/m0/s1. The summed E-state index contributed by atoms with van der Waals surface area (Å²) in [5.41, 5.74) is 7.68. The number of benzene rings is 3. The fraction of sp³-hybridized carbons (Fsp3) is 0.160. The molecule has 0 unspecified atom stereocenters. The molecule has 0 fully saturated rings. The van der Waals surface area contributed by atoms with Gasteiger partial charge in [0, 0.05) is 12.5 Å². The number of sulfonamides is 1. The first kappa shape index (κ1) is 25.4. The molecule has 36 heavy (non-hydrogen) atoms. The Morgan fingerprint density at radius 1 is 1.03 bits per heavy atom. The first-order valence-corrected chi connectivity index (χ1v) is 12.8. The third-order valence-electron chi connectivity index (χ3n) is 5.32. The molecule has 186 valence electrons. The minimum absolute atomic E-state index is 0.0235. The van der Waals surface area contributed by atoms with Crippen molar-refractivity contribution in [3.05, 3.63) is 77.3 Å². The topological polar surface area (TPSA) is 136 Å². The lowest BCUT2D eigenvalue weighted by Crippen LogP contribution is -2.28. The lowest BCUT2D eigenvalue weighted by molar-refractivity contribution is -0.119. The maximum absolute atomic E-state index is 13.3. The molecular formula is C25H24ClN5O4S. The zero-order valence-electron chi connectivity index (χ0n) is 19.5. The SMILES string of the molecule is COc1ccc(Cl)c(Nc2nc3ccccc3nc2NS(=O)(=O)c2cccc(CC(=O)[C@H](C)N)c2)c1. The summed E-state index contributed by atoms with van der Waals surface area (Å²) in [7, 11) is -2.56. The Bertz CT molecular complexity index is 1540. The van der Waals surface area contributed by atoms with Crippen molar-refractivity contribution in [2.24, 2.45) is 5.73 Å². The van der Waals surface area contributed by atoms with Crippen molar-refractivity contribution in [1.29, 1.82) is 0 Å². The van der Waals surface area contributed by atoms with Crippen LogP contribution in [0, 0.1) is 0 Å². The third kappa shape index (κ3) is 5.73. The van der Waals surface area contributed by atoms with Crippen LogP contribution in [0.5, 0.6) is 5.75 Å². The number of nitrogens with two attached hydrogens (primary N) is 1. The van der Waals surface area contributed by atoms with Gasteiger partial charge in [0.1, 0.15) is 5.75 Å². The molecule has 4 N–H and O–H groups in total. The Labute approximate surface area is 213 Å². The largest absolute Gasteiger partial charge is 0.497 e. The normalized spacial score (nSPS) is 12.2. The van der Waals surface area contributed by atoms with Gasteiger partial charge in [-0.1, -0.05) is 35.9 Å². The molecule has 11 heteroatoms. The number of methoxy groups -OCH3 is 1. The number of nitrogens with zero attached hydrogens (tertiary/aromatic N) is 2. The second kappa shape index (κ2) is 10.5. The smallest absolute Gasteiger partial charge is 0.263 e. The Hall–Kier alpha value is -3.73. The Kier molecular flexibility index (Phi) is 7.39. The highest BCUT2D eigenvalue weighted by Gasteiger charge is 2.21. The number of fused-ring (bicyclic) bond motifs is 1. The van der Waals surface area contributed by atoms with Gasteiger partial charge in [-0.15, -0.1) is 0 Å². The van der Waals surface area contributed by atoms with Crippen LogP contribution in [0.2, 0.25) is 5.02 Å². The average Bonchev–Trinajstić information content (AvgIpc) is 2.85. The molecule has 4 rings (SSSR count). The molecule has 1 heterocycles. The molecule has 0 radical (unpaired) electrons. The summed E-state index contributed by atoms with van der Waals surface area (Å²) >= 11 is 6.34. The predicted octanol–water partition coefficient (Wildman–Crippen LogP) is 4.30. The average molecular weight is 526 g/mol. The first-order chi connectivity index (χ1) is 17.2. The quantitative estimate of drug-likeness (QED) is 0.294. The first-order valence-electron chi connectivity index (χ1n) is 10.9. The zero-order chi connectivity index (χ0) is 25.9. The minimum Gasteiger partial charge on any atom is -0.497 e. The predicted molar refractivity (Wildman–Crippen MR) is 140 cm³/mol. The van der Waals surface area contributed by atoms with Crippen molar-refractivity contribution in [2.45, 2.75) is 24.3 Å². The fourth-order valence-corrected chi connectivity index (χ4v) is 4.63. The van der Waals surface area contributed by atoms with Crippen LogP contribution in [0.1, 0.15) is 12.5 Å². The van der Waals surface area contributed by atoms with Crippen LogP contribution in [0.4, 0.5) is 17.3 Å². The molecule has 0 aliphatic heterocycles. The fourth-order valence-electron chi connectivity index (χ4n) is 3.38. The van der Waals surface area contributed by atoms with Crippen molar-refractivity contribution < 1.29 is 17.9 Å². The molecule has 0 amide bonds. The number of hydrogen-bond acceptors (Lipinski definition) is 8. The molecule has 1 atom stereocenters. The molecule has 1 aromatic heterocycles. The number of carbonyl (C=O) groups is 1. The number of ether oxygens (including phenoxy) is 1. The van der Waals surface area contributed by atoms with Crippen LogP contribution < -0.4 is 20.5 Å². The van der Waals surface area contributed by atoms with Crippen LogP contribution in [0.3, 0.4) is 0 Å². The molecule has 4 aromatic rings. The second-order valence-corrected chi connectivity index (χ2v) is 10.2. The van der Waals surface area contributed by atoms with E-state index in [4.69, 9.17) is 22.1 Å². The number of carbonyl (C=O) groups excluding carboxylic acids is 1. The van der Waals surface area contributed by atoms with Crippen LogP contribution in [0.15, 0.2) is 71.6 Å². The van der Waals surface area contributed by atoms with E-state index in [1.165, 1.54) is 19.2 Å². The highest BCUT2D eigenvalue weighted by Crippen LogP contribution is 2.32. The Morgan fingerprint density at radius 2 is 1.72 bits per heavy atom. The van der Waals surface area contributed by atoms with E-state index in [2.05, 4.69) is 20.0 Å². The van der Waals surface area contributed by atoms with E-state index in [0.717, 1.165) is 0 Å². The van der Waals surface area contributed by atoms with Gasteiger partial charge in [-0.3, -0.25) is 9.52 Å². The number of nitrogens with one attached hydrogen (secondary N) is 2. The van der Waals surface area contributed by atoms with E-state index in [-0.39, 0.29) is 28.7 Å². The summed E-state index contributed by atoms with van der Waals surface area (Å²) < 4.78 is 34.4. The number of Topliss-reactive ketones (excluding diaryl/α,β-unsaturated/α-hetero) is 1. The molecule has 3 aromatic carbocycles. The van der Waals surface area contributed by atoms with Crippen LogP contribution in [-0.4, -0.2) is 37.3 Å². The third-order valence-corrected chi connectivity index (χ3v) is 6.99. The van der Waals surface area contributed by atoms with Crippen molar-refractivity contribution in [2.75, 3.05) is 17.1 Å². The number of halogens is 1. The van der Waals surface area contributed by atoms with E-state index >= 15 is 0 Å². The number of hydrogen-bond donors (Lipinski definition) is 3. The highest BCUT2D eigenvalue weighted by atomic mass is 35.5. The van der Waals surface area contributed by atoms with Crippen molar-refractivity contribution in [3.63, 3.8) is 0 Å². The van der Waals surface area contributed by atoms with E-state index in [1.54, 1.807) is 61.5 Å². The molecule has 0 aliphatic carbocycles. The van der Waals surface area contributed by atoms with Gasteiger partial charge in [-0.05, 0) is 48.9 Å². The van der Waals surface area contributed by atoms with Crippen molar-refractivity contribution in [3.8, 4) is 5.75 Å². The summed E-state index contributed by atoms with van der Waals surface area (Å²) in [4.78, 5) is 21.1. The maximum atomic E-state index is 13.3. The molecule has 0 spiro atoms.